The predicted molar refractivity (Wildman–Crippen MR) is 77.0 cm³/mol. The Morgan fingerprint density at radius 1 is 1.50 bits per heavy atom. The van der Waals surface area contributed by atoms with Gasteiger partial charge >= 0.3 is 0 Å². The molecule has 0 bridgehead atoms. The highest BCUT2D eigenvalue weighted by Crippen LogP contribution is 2.25. The summed E-state index contributed by atoms with van der Waals surface area (Å²) in [5.74, 6) is 0. The topological polar surface area (TPSA) is 84.2 Å². The van der Waals surface area contributed by atoms with Gasteiger partial charge in [0.2, 0.25) is 10.0 Å². The zero-order valence-electron chi connectivity index (χ0n) is 11.1. The molecule has 0 aliphatic heterocycles. The number of aryl methyl sites for hydroxylation is 2. The Morgan fingerprint density at radius 3 is 2.90 bits per heavy atom. The third-order valence-corrected chi connectivity index (χ3v) is 5.54. The minimum absolute atomic E-state index is 0.139. The fourth-order valence-corrected chi connectivity index (χ4v) is 4.39. The first-order valence-electron chi connectivity index (χ1n) is 6.20. The molecule has 0 aromatic carbocycles. The lowest BCUT2D eigenvalue weighted by molar-refractivity contribution is 0.285. The molecule has 0 amide bonds. The second kappa shape index (κ2) is 6.49. The van der Waals surface area contributed by atoms with Crippen LogP contribution in [0.15, 0.2) is 29.4 Å². The van der Waals surface area contributed by atoms with Crippen molar-refractivity contribution in [1.82, 2.24) is 14.5 Å². The van der Waals surface area contributed by atoms with Gasteiger partial charge in [0.1, 0.15) is 0 Å². The van der Waals surface area contributed by atoms with E-state index in [1.165, 1.54) is 17.4 Å². The number of hydrogen-bond acceptors (Lipinski definition) is 5. The Hall–Kier alpha value is -1.22. The first kappa shape index (κ1) is 15.2. The molecule has 2 rings (SSSR count). The van der Waals surface area contributed by atoms with Gasteiger partial charge in [-0.1, -0.05) is 0 Å². The first-order valence-corrected chi connectivity index (χ1v) is 8.50. The van der Waals surface area contributed by atoms with Crippen LogP contribution in [0.1, 0.15) is 16.2 Å². The van der Waals surface area contributed by atoms with E-state index in [0.717, 1.165) is 0 Å². The number of hydrogen-bond donors (Lipinski definition) is 2. The van der Waals surface area contributed by atoms with Crippen LogP contribution in [0.25, 0.3) is 0 Å². The molecule has 0 aliphatic carbocycles. The van der Waals surface area contributed by atoms with E-state index in [4.69, 9.17) is 5.11 Å². The molecule has 0 saturated carbocycles. The van der Waals surface area contributed by atoms with Crippen molar-refractivity contribution in [2.45, 2.75) is 31.4 Å². The Kier molecular flexibility index (Phi) is 4.92. The van der Waals surface area contributed by atoms with Crippen molar-refractivity contribution in [1.29, 1.82) is 0 Å². The third kappa shape index (κ3) is 3.66. The van der Waals surface area contributed by atoms with E-state index in [2.05, 4.69) is 9.82 Å². The van der Waals surface area contributed by atoms with Gasteiger partial charge in [-0.3, -0.25) is 4.68 Å². The molecule has 0 aliphatic rings. The van der Waals surface area contributed by atoms with Gasteiger partial charge in [0, 0.05) is 35.2 Å². The molecule has 20 heavy (non-hydrogen) atoms. The van der Waals surface area contributed by atoms with Crippen LogP contribution in [0.2, 0.25) is 0 Å². The monoisotopic (exact) mass is 315 g/mol. The summed E-state index contributed by atoms with van der Waals surface area (Å²) in [4.78, 5) is 1.60. The molecule has 0 saturated heterocycles. The molecule has 8 heteroatoms. The van der Waals surface area contributed by atoms with Crippen LogP contribution < -0.4 is 4.72 Å². The maximum atomic E-state index is 12.1. The lowest BCUT2D eigenvalue weighted by atomic mass is 10.4. The van der Waals surface area contributed by atoms with Crippen molar-refractivity contribution < 1.29 is 13.5 Å². The minimum Gasteiger partial charge on any atom is -0.391 e. The van der Waals surface area contributed by atoms with Gasteiger partial charge in [0.05, 0.1) is 11.5 Å². The van der Waals surface area contributed by atoms with Crippen molar-refractivity contribution in [2.24, 2.45) is 0 Å². The molecular formula is C12H17N3O3S2. The van der Waals surface area contributed by atoms with E-state index in [1.807, 2.05) is 12.3 Å². The summed E-state index contributed by atoms with van der Waals surface area (Å²) >= 11 is 1.30. The van der Waals surface area contributed by atoms with Crippen LogP contribution in [0.3, 0.4) is 0 Å². The molecule has 6 nitrogen and oxygen atoms in total. The van der Waals surface area contributed by atoms with Crippen LogP contribution in [0.5, 0.6) is 0 Å². The number of nitrogens with one attached hydrogen (secondary N) is 1. The normalized spacial score (nSPS) is 11.9. The summed E-state index contributed by atoms with van der Waals surface area (Å²) in [6.45, 7) is 2.62. The van der Waals surface area contributed by atoms with Crippen LogP contribution >= 0.6 is 11.3 Å². The van der Waals surface area contributed by atoms with E-state index < -0.39 is 10.0 Å². The molecule has 0 unspecified atom stereocenters. The lowest BCUT2D eigenvalue weighted by Crippen LogP contribution is -2.25. The number of sulfonamides is 1. The summed E-state index contributed by atoms with van der Waals surface area (Å²) in [7, 11) is -3.50. The third-order valence-electron chi connectivity index (χ3n) is 2.78. The van der Waals surface area contributed by atoms with Crippen molar-refractivity contribution in [3.05, 3.63) is 34.3 Å². The largest absolute Gasteiger partial charge is 0.391 e. The van der Waals surface area contributed by atoms with Crippen molar-refractivity contribution >= 4 is 21.4 Å². The fourth-order valence-electron chi connectivity index (χ4n) is 1.83. The van der Waals surface area contributed by atoms with E-state index in [9.17, 15) is 8.42 Å². The lowest BCUT2D eigenvalue weighted by Gasteiger charge is -2.06. The predicted octanol–water partition coefficient (Wildman–Crippen LogP) is 1.11. The Morgan fingerprint density at radius 2 is 2.30 bits per heavy atom. The molecule has 0 fully saturated rings. The average Bonchev–Trinajstić information content (AvgIpc) is 3.04. The molecule has 2 aromatic rings. The number of aliphatic hydroxyl groups is 1. The maximum absolute atomic E-state index is 12.1. The number of aliphatic hydroxyl groups excluding tert-OH is 1. The molecule has 2 aromatic heterocycles. The van der Waals surface area contributed by atoms with Gasteiger partial charge in [-0.05, 0) is 25.5 Å². The Balaban J connectivity index is 1.91. The van der Waals surface area contributed by atoms with Gasteiger partial charge in [-0.25, -0.2) is 13.1 Å². The minimum atomic E-state index is -3.50. The summed E-state index contributed by atoms with van der Waals surface area (Å²) in [6, 6.07) is 3.35. The molecule has 0 spiro atoms. The molecule has 2 N–H and O–H groups in total. The van der Waals surface area contributed by atoms with E-state index >= 15 is 0 Å². The van der Waals surface area contributed by atoms with E-state index in [-0.39, 0.29) is 11.5 Å². The highest BCUT2D eigenvalue weighted by molar-refractivity contribution is 7.89. The highest BCUT2D eigenvalue weighted by Gasteiger charge is 2.19. The average molecular weight is 315 g/mol. The molecule has 110 valence electrons. The first-order chi connectivity index (χ1) is 9.53. The second-order valence-electron chi connectivity index (χ2n) is 4.31. The summed E-state index contributed by atoms with van der Waals surface area (Å²) in [6.07, 6.45) is 4.19. The standard InChI is InChI=1S/C12H17N3O3S2/c1-10-12(8-11(9-16)19-10)20(17,18)14-5-3-7-15-6-2-4-13-15/h2,4,6,8,14,16H,3,5,7,9H2,1H3. The Bertz CT molecular complexity index is 648. The maximum Gasteiger partial charge on any atom is 0.241 e. The van der Waals surface area contributed by atoms with Gasteiger partial charge in [0.25, 0.3) is 0 Å². The zero-order valence-corrected chi connectivity index (χ0v) is 12.7. The zero-order chi connectivity index (χ0) is 14.6. The smallest absolute Gasteiger partial charge is 0.241 e. The van der Waals surface area contributed by atoms with Gasteiger partial charge in [0.15, 0.2) is 0 Å². The number of nitrogens with zero attached hydrogens (tertiary/aromatic N) is 2. The van der Waals surface area contributed by atoms with Crippen LogP contribution in [-0.4, -0.2) is 29.8 Å². The molecule has 0 radical (unpaired) electrons. The summed E-state index contributed by atoms with van der Waals surface area (Å²) < 4.78 is 28.6. The van der Waals surface area contributed by atoms with Crippen LogP contribution in [-0.2, 0) is 23.2 Å². The molecule has 2 heterocycles. The van der Waals surface area contributed by atoms with Crippen molar-refractivity contribution in [3.63, 3.8) is 0 Å². The van der Waals surface area contributed by atoms with Gasteiger partial charge < -0.3 is 5.11 Å². The number of thiophene rings is 1. The van der Waals surface area contributed by atoms with Crippen LogP contribution in [0, 0.1) is 6.92 Å². The van der Waals surface area contributed by atoms with Crippen molar-refractivity contribution in [2.75, 3.05) is 6.54 Å². The van der Waals surface area contributed by atoms with E-state index in [0.29, 0.717) is 29.3 Å². The van der Waals surface area contributed by atoms with Gasteiger partial charge in [-0.2, -0.15) is 5.10 Å². The highest BCUT2D eigenvalue weighted by atomic mass is 32.2. The van der Waals surface area contributed by atoms with Crippen molar-refractivity contribution in [3.8, 4) is 0 Å². The molecule has 0 atom stereocenters. The molecular weight excluding hydrogens is 298 g/mol. The summed E-state index contributed by atoms with van der Waals surface area (Å²) in [5, 5.41) is 13.1. The second-order valence-corrected chi connectivity index (χ2v) is 7.39. The quantitative estimate of drug-likeness (QED) is 0.750. The number of rotatable bonds is 7. The van der Waals surface area contributed by atoms with Gasteiger partial charge in [-0.15, -0.1) is 11.3 Å². The van der Waals surface area contributed by atoms with E-state index in [1.54, 1.807) is 17.8 Å². The number of aromatic nitrogens is 2. The Labute approximate surface area is 122 Å². The fraction of sp³-hybridized carbons (Fsp3) is 0.417. The van der Waals surface area contributed by atoms with Crippen LogP contribution in [0.4, 0.5) is 0 Å². The SMILES string of the molecule is Cc1sc(CO)cc1S(=O)(=O)NCCCn1cccn1. The summed E-state index contributed by atoms with van der Waals surface area (Å²) in [5.41, 5.74) is 0.